The van der Waals surface area contributed by atoms with Gasteiger partial charge in [0.1, 0.15) is 6.61 Å². The molecule has 45 heavy (non-hydrogen) atoms. The number of ether oxygens (including phenoxy) is 3. The van der Waals surface area contributed by atoms with Gasteiger partial charge in [-0.2, -0.15) is 31.3 Å². The third-order valence-electron chi connectivity index (χ3n) is 5.91. The van der Waals surface area contributed by atoms with E-state index in [9.17, 15) is 45.0 Å². The second-order valence-corrected chi connectivity index (χ2v) is 10.4. The number of sulfonamides is 1. The molecule has 19 heteroatoms. The summed E-state index contributed by atoms with van der Waals surface area (Å²) in [5.74, 6) is -2.73. The van der Waals surface area contributed by atoms with E-state index in [0.717, 1.165) is 0 Å². The molecule has 0 fully saturated rings. The van der Waals surface area contributed by atoms with Gasteiger partial charge in [-0.3, -0.25) is 4.72 Å². The third-order valence-corrected chi connectivity index (χ3v) is 7.27. The number of nitrogens with one attached hydrogen (secondary N) is 1. The minimum atomic E-state index is -5.96. The van der Waals surface area contributed by atoms with Gasteiger partial charge in [-0.1, -0.05) is 24.3 Å². The lowest BCUT2D eigenvalue weighted by atomic mass is 9.92. The van der Waals surface area contributed by atoms with E-state index in [1.165, 1.54) is 42.7 Å². The lowest BCUT2D eigenvalue weighted by Gasteiger charge is -2.36. The molecular weight excluding hydrogens is 640 g/mol. The number of para-hydroxylation sites is 2. The number of alkyl halides is 6. The zero-order valence-electron chi connectivity index (χ0n) is 22.7. The van der Waals surface area contributed by atoms with Crippen LogP contribution in [0.5, 0.6) is 23.1 Å². The van der Waals surface area contributed by atoms with Crippen molar-refractivity contribution in [2.24, 2.45) is 0 Å². The van der Waals surface area contributed by atoms with E-state index in [0.29, 0.717) is 24.3 Å². The Bertz CT molecular complexity index is 1730. The van der Waals surface area contributed by atoms with Gasteiger partial charge in [0, 0.05) is 25.1 Å². The number of halogens is 6. The second-order valence-electron chi connectivity index (χ2n) is 8.76. The Hall–Kier alpha value is -4.75. The minimum Gasteiger partial charge on any atom is -0.504 e. The molecule has 0 radical (unpaired) electrons. The van der Waals surface area contributed by atoms with Crippen molar-refractivity contribution in [2.45, 2.75) is 22.8 Å². The maximum absolute atomic E-state index is 13.7. The zero-order valence-corrected chi connectivity index (χ0v) is 23.5. The summed E-state index contributed by atoms with van der Waals surface area (Å²) < 4.78 is 126. The number of aliphatic hydroxyl groups is 1. The van der Waals surface area contributed by atoms with Crippen LogP contribution in [0.4, 0.5) is 32.2 Å². The first-order valence-electron chi connectivity index (χ1n) is 12.4. The number of phenolic OH excluding ortho intramolecular Hbond substituents is 1. The van der Waals surface area contributed by atoms with Crippen LogP contribution in [0.3, 0.4) is 0 Å². The highest BCUT2D eigenvalue weighted by molar-refractivity contribution is 7.92. The first-order chi connectivity index (χ1) is 21.1. The molecule has 0 amide bonds. The van der Waals surface area contributed by atoms with Crippen LogP contribution in [-0.2, 0) is 20.4 Å². The Kier molecular flexibility index (Phi) is 9.35. The summed E-state index contributed by atoms with van der Waals surface area (Å²) in [5, 5.41) is 19.5. The number of methoxy groups -OCH3 is 1. The predicted octanol–water partition coefficient (Wildman–Crippen LogP) is 4.57. The predicted molar refractivity (Wildman–Crippen MR) is 142 cm³/mol. The van der Waals surface area contributed by atoms with Crippen molar-refractivity contribution in [1.82, 2.24) is 19.9 Å². The summed E-state index contributed by atoms with van der Waals surface area (Å²) in [6.07, 6.45) is -9.29. The van der Waals surface area contributed by atoms with Crippen LogP contribution in [0.25, 0.3) is 11.6 Å². The zero-order chi connectivity index (χ0) is 33.0. The van der Waals surface area contributed by atoms with Gasteiger partial charge < -0.3 is 24.4 Å². The van der Waals surface area contributed by atoms with Crippen LogP contribution in [0, 0.1) is 0 Å². The highest BCUT2D eigenvalue weighted by atomic mass is 32.2. The molecule has 0 aliphatic heterocycles. The summed E-state index contributed by atoms with van der Waals surface area (Å²) in [4.78, 5) is 15.4. The standard InChI is InChI=1S/C26H21F6N5O7S/c1-42-24(25(27,28)29,26(30,31)32)15-7-9-16(10-8-15)45(40,41)37-20-19(44-18-6-3-2-5-17(18)39)23(43-14-13-38)36-22(35-20)21-33-11-4-12-34-21/h2-12,38-39H,13-14H2,1H3,(H,35,36,37). The van der Waals surface area contributed by atoms with Gasteiger partial charge >= 0.3 is 12.4 Å². The topological polar surface area (TPSA) is 166 Å². The van der Waals surface area contributed by atoms with Crippen molar-refractivity contribution < 1.29 is 59.2 Å². The Morgan fingerprint density at radius 3 is 2.04 bits per heavy atom. The highest BCUT2D eigenvalue weighted by Gasteiger charge is 2.73. The second kappa shape index (κ2) is 12.7. The fraction of sp³-hybridized carbons (Fsp3) is 0.231. The van der Waals surface area contributed by atoms with Crippen molar-refractivity contribution in [2.75, 3.05) is 25.0 Å². The van der Waals surface area contributed by atoms with Gasteiger partial charge in [-0.25, -0.2) is 23.4 Å². The largest absolute Gasteiger partial charge is 0.504 e. The van der Waals surface area contributed by atoms with Crippen molar-refractivity contribution in [1.29, 1.82) is 0 Å². The number of benzene rings is 2. The molecule has 0 spiro atoms. The molecule has 2 heterocycles. The van der Waals surface area contributed by atoms with Gasteiger partial charge in [0.15, 0.2) is 23.1 Å². The fourth-order valence-electron chi connectivity index (χ4n) is 3.89. The SMILES string of the molecule is COC(c1ccc(S(=O)(=O)Nc2nc(-c3ncccn3)nc(OCCO)c2Oc2ccccc2O)cc1)(C(F)(F)F)C(F)(F)F. The molecule has 2 aromatic carbocycles. The lowest BCUT2D eigenvalue weighted by molar-refractivity contribution is -0.383. The van der Waals surface area contributed by atoms with E-state index >= 15 is 0 Å². The van der Waals surface area contributed by atoms with Crippen LogP contribution in [0.2, 0.25) is 0 Å². The van der Waals surface area contributed by atoms with Crippen LogP contribution in [0.15, 0.2) is 71.9 Å². The van der Waals surface area contributed by atoms with Gasteiger partial charge in [-0.05, 0) is 30.3 Å². The Morgan fingerprint density at radius 2 is 1.49 bits per heavy atom. The summed E-state index contributed by atoms with van der Waals surface area (Å²) in [6.45, 7) is -0.903. The number of hydrogen-bond donors (Lipinski definition) is 3. The Labute approximate surface area is 250 Å². The van der Waals surface area contributed by atoms with E-state index < -0.39 is 68.2 Å². The summed E-state index contributed by atoms with van der Waals surface area (Å²) >= 11 is 0. The van der Waals surface area contributed by atoms with Gasteiger partial charge in [0.25, 0.3) is 21.5 Å². The summed E-state index contributed by atoms with van der Waals surface area (Å²) in [7, 11) is -4.63. The number of hydrogen-bond acceptors (Lipinski definition) is 11. The number of aromatic hydroxyl groups is 1. The number of aromatic nitrogens is 4. The molecule has 0 aliphatic rings. The van der Waals surface area contributed by atoms with E-state index in [1.807, 2.05) is 4.72 Å². The van der Waals surface area contributed by atoms with Gasteiger partial charge in [0.2, 0.25) is 11.6 Å². The summed E-state index contributed by atoms with van der Waals surface area (Å²) in [6, 6.07) is 8.52. The number of anilines is 1. The number of aliphatic hydroxyl groups excluding tert-OH is 1. The van der Waals surface area contributed by atoms with Crippen molar-refractivity contribution in [3.63, 3.8) is 0 Å². The van der Waals surface area contributed by atoms with Gasteiger partial charge in [0.05, 0.1) is 11.5 Å². The molecule has 3 N–H and O–H groups in total. The molecule has 0 unspecified atom stereocenters. The average molecular weight is 662 g/mol. The molecule has 0 atom stereocenters. The molecule has 0 saturated heterocycles. The smallest absolute Gasteiger partial charge is 0.430 e. The summed E-state index contributed by atoms with van der Waals surface area (Å²) in [5.41, 5.74) is -6.18. The molecule has 4 aromatic rings. The van der Waals surface area contributed by atoms with Crippen molar-refractivity contribution >= 4 is 15.8 Å². The minimum absolute atomic E-state index is 0.125. The monoisotopic (exact) mass is 661 g/mol. The van der Waals surface area contributed by atoms with E-state index in [2.05, 4.69) is 24.7 Å². The maximum atomic E-state index is 13.7. The fourth-order valence-corrected chi connectivity index (χ4v) is 4.90. The van der Waals surface area contributed by atoms with Crippen LogP contribution in [-0.4, -0.2) is 71.2 Å². The molecule has 0 saturated carbocycles. The van der Waals surface area contributed by atoms with Crippen LogP contribution < -0.4 is 14.2 Å². The van der Waals surface area contributed by atoms with Crippen molar-refractivity contribution in [3.8, 4) is 34.8 Å². The number of nitrogens with zero attached hydrogens (tertiary/aromatic N) is 4. The van der Waals surface area contributed by atoms with E-state index in [4.69, 9.17) is 9.47 Å². The number of phenols is 1. The molecule has 12 nitrogen and oxygen atoms in total. The molecule has 0 bridgehead atoms. The third kappa shape index (κ3) is 6.69. The highest BCUT2D eigenvalue weighted by Crippen LogP contribution is 2.52. The molecule has 4 rings (SSSR count). The molecule has 0 aliphatic carbocycles. The van der Waals surface area contributed by atoms with Crippen LogP contribution in [0.1, 0.15) is 5.56 Å². The lowest BCUT2D eigenvalue weighted by Crippen LogP contribution is -2.55. The molecular formula is C26H21F6N5O7S. The van der Waals surface area contributed by atoms with Crippen LogP contribution >= 0.6 is 0 Å². The van der Waals surface area contributed by atoms with Gasteiger partial charge in [-0.15, -0.1) is 0 Å². The Morgan fingerprint density at radius 1 is 0.867 bits per heavy atom. The van der Waals surface area contributed by atoms with Crippen molar-refractivity contribution in [3.05, 3.63) is 72.6 Å². The Balaban J connectivity index is 1.84. The average Bonchev–Trinajstić information content (AvgIpc) is 2.98. The normalized spacial score (nSPS) is 12.5. The maximum Gasteiger partial charge on any atom is 0.430 e. The van der Waals surface area contributed by atoms with E-state index in [1.54, 1.807) is 0 Å². The molecule has 2 aromatic heterocycles. The molecule has 240 valence electrons. The van der Waals surface area contributed by atoms with E-state index in [-0.39, 0.29) is 31.1 Å². The first-order valence-corrected chi connectivity index (χ1v) is 13.8. The number of rotatable bonds is 11. The quantitative estimate of drug-likeness (QED) is 0.193. The first kappa shape index (κ1) is 33.1.